The molecule has 0 fully saturated rings. The first-order valence-corrected chi connectivity index (χ1v) is 7.39. The molecule has 2 aromatic rings. The van der Waals surface area contributed by atoms with E-state index in [1.807, 2.05) is 13.8 Å². The minimum atomic E-state index is -0.140. The van der Waals surface area contributed by atoms with Crippen molar-refractivity contribution in [2.24, 2.45) is 0 Å². The maximum absolute atomic E-state index is 11.9. The lowest BCUT2D eigenvalue weighted by Crippen LogP contribution is -2.30. The van der Waals surface area contributed by atoms with Crippen molar-refractivity contribution < 1.29 is 9.59 Å². The van der Waals surface area contributed by atoms with Gasteiger partial charge in [-0.25, -0.2) is 4.68 Å². The number of nitrogens with zero attached hydrogens (tertiary/aromatic N) is 4. The Morgan fingerprint density at radius 2 is 1.91 bits per heavy atom. The van der Waals surface area contributed by atoms with Crippen LogP contribution in [0.4, 0.5) is 5.69 Å². The quantitative estimate of drug-likeness (QED) is 0.832. The van der Waals surface area contributed by atoms with Gasteiger partial charge in [-0.3, -0.25) is 9.59 Å². The van der Waals surface area contributed by atoms with Gasteiger partial charge in [-0.15, -0.1) is 5.10 Å². The summed E-state index contributed by atoms with van der Waals surface area (Å²) in [6.07, 6.45) is 0.265. The summed E-state index contributed by atoms with van der Waals surface area (Å²) < 4.78 is 1.57. The van der Waals surface area contributed by atoms with E-state index >= 15 is 0 Å². The Morgan fingerprint density at radius 1 is 1.22 bits per heavy atom. The third kappa shape index (κ3) is 4.87. The number of aryl methyl sites for hydroxylation is 2. The Morgan fingerprint density at radius 3 is 2.48 bits per heavy atom. The van der Waals surface area contributed by atoms with Crippen LogP contribution in [0.25, 0.3) is 0 Å². The van der Waals surface area contributed by atoms with Crippen LogP contribution in [0.2, 0.25) is 0 Å². The second kappa shape index (κ2) is 7.48. The first kappa shape index (κ1) is 16.6. The summed E-state index contributed by atoms with van der Waals surface area (Å²) in [4.78, 5) is 23.7. The molecule has 8 nitrogen and oxygen atoms in total. The molecule has 0 aliphatic heterocycles. The van der Waals surface area contributed by atoms with Gasteiger partial charge < -0.3 is 10.6 Å². The van der Waals surface area contributed by atoms with Crippen LogP contribution in [-0.4, -0.2) is 38.1 Å². The summed E-state index contributed by atoms with van der Waals surface area (Å²) in [6, 6.07) is 6.85. The van der Waals surface area contributed by atoms with Gasteiger partial charge in [0, 0.05) is 23.7 Å². The van der Waals surface area contributed by atoms with Crippen molar-refractivity contribution in [3.63, 3.8) is 0 Å². The standard InChI is InChI=1S/C15H20N6O2/c1-10(2)16-15(23)12-4-6-13(7-5-12)17-14(22)8-9-21-11(3)18-19-20-21/h4-7,10H,8-9H2,1-3H3,(H,16,23)(H,17,22). The highest BCUT2D eigenvalue weighted by atomic mass is 16.2. The first-order chi connectivity index (χ1) is 11.0. The number of aromatic nitrogens is 4. The molecule has 0 atom stereocenters. The molecule has 1 aromatic carbocycles. The smallest absolute Gasteiger partial charge is 0.251 e. The molecular formula is C15H20N6O2. The predicted octanol–water partition coefficient (Wildman–Crippen LogP) is 1.15. The first-order valence-electron chi connectivity index (χ1n) is 7.39. The van der Waals surface area contributed by atoms with Crippen molar-refractivity contribution >= 4 is 17.5 Å². The minimum Gasteiger partial charge on any atom is -0.350 e. The molecule has 2 amide bonds. The summed E-state index contributed by atoms with van der Waals surface area (Å²) in [5.41, 5.74) is 1.20. The average molecular weight is 316 g/mol. The Bertz CT molecular complexity index is 678. The molecule has 0 saturated heterocycles. The van der Waals surface area contributed by atoms with Crippen LogP contribution in [0.3, 0.4) is 0 Å². The number of carbonyl (C=O) groups is 2. The fraction of sp³-hybridized carbons (Fsp3) is 0.400. The van der Waals surface area contributed by atoms with Gasteiger partial charge in [0.1, 0.15) is 5.82 Å². The van der Waals surface area contributed by atoms with Crippen molar-refractivity contribution in [1.82, 2.24) is 25.5 Å². The summed E-state index contributed by atoms with van der Waals surface area (Å²) in [5.74, 6) is 0.393. The number of nitrogens with one attached hydrogen (secondary N) is 2. The molecule has 0 spiro atoms. The Labute approximate surface area is 134 Å². The lowest BCUT2D eigenvalue weighted by atomic mass is 10.2. The number of benzene rings is 1. The molecule has 0 aliphatic rings. The van der Waals surface area contributed by atoms with Gasteiger partial charge in [0.15, 0.2) is 0 Å². The van der Waals surface area contributed by atoms with Crippen LogP contribution in [0.15, 0.2) is 24.3 Å². The lowest BCUT2D eigenvalue weighted by Gasteiger charge is -2.09. The largest absolute Gasteiger partial charge is 0.350 e. The van der Waals surface area contributed by atoms with Gasteiger partial charge in [0.2, 0.25) is 5.91 Å². The van der Waals surface area contributed by atoms with Gasteiger partial charge in [0.25, 0.3) is 5.91 Å². The van der Waals surface area contributed by atoms with Crippen LogP contribution in [-0.2, 0) is 11.3 Å². The number of rotatable bonds is 6. The molecule has 122 valence electrons. The van der Waals surface area contributed by atoms with E-state index in [4.69, 9.17) is 0 Å². The lowest BCUT2D eigenvalue weighted by molar-refractivity contribution is -0.116. The van der Waals surface area contributed by atoms with E-state index in [2.05, 4.69) is 26.2 Å². The molecule has 0 radical (unpaired) electrons. The van der Waals surface area contributed by atoms with E-state index in [0.29, 0.717) is 23.6 Å². The molecule has 0 aliphatic carbocycles. The molecule has 2 rings (SSSR count). The highest BCUT2D eigenvalue weighted by molar-refractivity contribution is 5.95. The molecule has 0 unspecified atom stereocenters. The Hall–Kier alpha value is -2.77. The van der Waals surface area contributed by atoms with Gasteiger partial charge in [-0.1, -0.05) is 0 Å². The highest BCUT2D eigenvalue weighted by Gasteiger charge is 2.08. The Kier molecular flexibility index (Phi) is 5.40. The van der Waals surface area contributed by atoms with Crippen molar-refractivity contribution in [2.45, 2.75) is 39.8 Å². The van der Waals surface area contributed by atoms with Crippen molar-refractivity contribution in [2.75, 3.05) is 5.32 Å². The topological polar surface area (TPSA) is 102 Å². The van der Waals surface area contributed by atoms with Crippen LogP contribution in [0.1, 0.15) is 36.5 Å². The van der Waals surface area contributed by atoms with E-state index < -0.39 is 0 Å². The van der Waals surface area contributed by atoms with Gasteiger partial charge in [0.05, 0.1) is 6.54 Å². The van der Waals surface area contributed by atoms with E-state index in [1.54, 1.807) is 35.9 Å². The van der Waals surface area contributed by atoms with Gasteiger partial charge in [-0.05, 0) is 55.5 Å². The maximum atomic E-state index is 11.9. The molecule has 0 saturated carbocycles. The fourth-order valence-corrected chi connectivity index (χ4v) is 1.94. The fourth-order valence-electron chi connectivity index (χ4n) is 1.94. The number of hydrogen-bond donors (Lipinski definition) is 2. The number of anilines is 1. The van der Waals surface area contributed by atoms with Crippen molar-refractivity contribution in [3.8, 4) is 0 Å². The van der Waals surface area contributed by atoms with E-state index in [0.717, 1.165) is 0 Å². The second-order valence-corrected chi connectivity index (χ2v) is 5.45. The Balaban J connectivity index is 1.86. The average Bonchev–Trinajstić information content (AvgIpc) is 2.90. The number of hydrogen-bond acceptors (Lipinski definition) is 5. The number of carbonyl (C=O) groups excluding carboxylic acids is 2. The van der Waals surface area contributed by atoms with E-state index in [-0.39, 0.29) is 24.3 Å². The van der Waals surface area contributed by atoms with Crippen LogP contribution >= 0.6 is 0 Å². The number of amides is 2. The van der Waals surface area contributed by atoms with Crippen molar-refractivity contribution in [3.05, 3.63) is 35.7 Å². The zero-order valence-electron chi connectivity index (χ0n) is 13.4. The molecular weight excluding hydrogens is 296 g/mol. The SMILES string of the molecule is Cc1nnnn1CCC(=O)Nc1ccc(C(=O)NC(C)C)cc1. The second-order valence-electron chi connectivity index (χ2n) is 5.45. The van der Waals surface area contributed by atoms with Gasteiger partial charge >= 0.3 is 0 Å². The third-order valence-electron chi connectivity index (χ3n) is 3.11. The molecule has 1 aromatic heterocycles. The van der Waals surface area contributed by atoms with E-state index in [1.165, 1.54) is 0 Å². The normalized spacial score (nSPS) is 10.6. The third-order valence-corrected chi connectivity index (χ3v) is 3.11. The van der Waals surface area contributed by atoms with Gasteiger partial charge in [-0.2, -0.15) is 0 Å². The van der Waals surface area contributed by atoms with Crippen LogP contribution < -0.4 is 10.6 Å². The molecule has 8 heteroatoms. The molecule has 23 heavy (non-hydrogen) atoms. The molecule has 1 heterocycles. The summed E-state index contributed by atoms with van der Waals surface area (Å²) in [7, 11) is 0. The van der Waals surface area contributed by atoms with Crippen LogP contribution in [0.5, 0.6) is 0 Å². The summed E-state index contributed by atoms with van der Waals surface area (Å²) >= 11 is 0. The minimum absolute atomic E-state index is 0.0802. The van der Waals surface area contributed by atoms with Crippen LogP contribution in [0, 0.1) is 6.92 Å². The number of tetrazole rings is 1. The molecule has 0 bridgehead atoms. The zero-order chi connectivity index (χ0) is 16.8. The van der Waals surface area contributed by atoms with E-state index in [9.17, 15) is 9.59 Å². The maximum Gasteiger partial charge on any atom is 0.251 e. The molecule has 2 N–H and O–H groups in total. The zero-order valence-corrected chi connectivity index (χ0v) is 13.4. The highest BCUT2D eigenvalue weighted by Crippen LogP contribution is 2.10. The monoisotopic (exact) mass is 316 g/mol. The van der Waals surface area contributed by atoms with Crippen molar-refractivity contribution in [1.29, 1.82) is 0 Å². The summed E-state index contributed by atoms with van der Waals surface area (Å²) in [5, 5.41) is 16.7. The predicted molar refractivity (Wildman–Crippen MR) is 84.8 cm³/mol. The summed E-state index contributed by atoms with van der Waals surface area (Å²) in [6.45, 7) is 6.00.